The summed E-state index contributed by atoms with van der Waals surface area (Å²) in [5.74, 6) is 2.30. The number of ether oxygens (including phenoxy) is 1. The van der Waals surface area contributed by atoms with Gasteiger partial charge in [-0.2, -0.15) is 0 Å². The molecule has 1 atom stereocenters. The van der Waals surface area contributed by atoms with Crippen LogP contribution in [-0.4, -0.2) is 26.2 Å². The van der Waals surface area contributed by atoms with Crippen molar-refractivity contribution in [2.75, 3.05) is 20.2 Å². The molecule has 0 aliphatic carbocycles. The molecule has 0 aliphatic heterocycles. The summed E-state index contributed by atoms with van der Waals surface area (Å²) in [7, 11) is 1.68. The van der Waals surface area contributed by atoms with Crippen molar-refractivity contribution in [1.29, 1.82) is 0 Å². The molecule has 0 bridgehead atoms. The van der Waals surface area contributed by atoms with Gasteiger partial charge in [0, 0.05) is 18.0 Å². The molecule has 1 aromatic heterocycles. The zero-order valence-corrected chi connectivity index (χ0v) is 15.5. The van der Waals surface area contributed by atoms with Crippen LogP contribution in [0.15, 0.2) is 46.8 Å². The third kappa shape index (κ3) is 6.24. The molecule has 0 aliphatic rings. The molecule has 0 saturated carbocycles. The predicted molar refractivity (Wildman–Crippen MR) is 103 cm³/mol. The van der Waals surface area contributed by atoms with Gasteiger partial charge in [0.05, 0.1) is 13.7 Å². The number of methoxy groups -OCH3 is 1. The maximum Gasteiger partial charge on any atom is 0.191 e. The van der Waals surface area contributed by atoms with Crippen molar-refractivity contribution in [1.82, 2.24) is 10.6 Å². The van der Waals surface area contributed by atoms with E-state index in [9.17, 15) is 0 Å². The lowest BCUT2D eigenvalue weighted by Crippen LogP contribution is -2.39. The Bertz CT molecular complexity index is 608. The van der Waals surface area contributed by atoms with Crippen molar-refractivity contribution >= 4 is 17.3 Å². The molecular formula is C19H27N3OS. The average molecular weight is 346 g/mol. The summed E-state index contributed by atoms with van der Waals surface area (Å²) >= 11 is 1.82. The molecule has 24 heavy (non-hydrogen) atoms. The second-order valence-corrected chi connectivity index (χ2v) is 6.85. The first-order valence-corrected chi connectivity index (χ1v) is 9.26. The smallest absolute Gasteiger partial charge is 0.191 e. The highest BCUT2D eigenvalue weighted by atomic mass is 32.1. The molecular weight excluding hydrogens is 318 g/mol. The van der Waals surface area contributed by atoms with E-state index in [0.29, 0.717) is 12.5 Å². The van der Waals surface area contributed by atoms with E-state index in [1.54, 1.807) is 7.11 Å². The van der Waals surface area contributed by atoms with Gasteiger partial charge < -0.3 is 15.4 Å². The number of hydrogen-bond donors (Lipinski definition) is 2. The van der Waals surface area contributed by atoms with Gasteiger partial charge in [-0.15, -0.1) is 11.3 Å². The van der Waals surface area contributed by atoms with Crippen molar-refractivity contribution < 1.29 is 4.74 Å². The molecule has 0 amide bonds. The summed E-state index contributed by atoms with van der Waals surface area (Å²) in [6.45, 7) is 6.76. The normalized spacial score (nSPS) is 12.7. The highest BCUT2D eigenvalue weighted by Gasteiger charge is 2.06. The quantitative estimate of drug-likeness (QED) is 0.566. The zero-order chi connectivity index (χ0) is 17.2. The van der Waals surface area contributed by atoms with Crippen LogP contribution in [0.5, 0.6) is 5.75 Å². The van der Waals surface area contributed by atoms with Crippen molar-refractivity contribution in [2.45, 2.75) is 26.8 Å². The summed E-state index contributed by atoms with van der Waals surface area (Å²) < 4.78 is 5.18. The summed E-state index contributed by atoms with van der Waals surface area (Å²) in [6, 6.07) is 12.3. The summed E-state index contributed by atoms with van der Waals surface area (Å²) in [5.41, 5.74) is 1.17. The van der Waals surface area contributed by atoms with Gasteiger partial charge in [0.25, 0.3) is 0 Å². The van der Waals surface area contributed by atoms with Gasteiger partial charge in [0.15, 0.2) is 5.96 Å². The lowest BCUT2D eigenvalue weighted by molar-refractivity contribution is 0.414. The van der Waals surface area contributed by atoms with Gasteiger partial charge in [0.1, 0.15) is 5.75 Å². The highest BCUT2D eigenvalue weighted by Crippen LogP contribution is 2.14. The zero-order valence-electron chi connectivity index (χ0n) is 14.7. The molecule has 2 aromatic rings. The van der Waals surface area contributed by atoms with Crippen LogP contribution in [0.1, 0.15) is 24.3 Å². The standard InChI is InChI=1S/C19H27N3OS/c1-4-20-19(21-13-15(2)12-18-6-5-11-24-18)22-14-16-7-9-17(23-3)10-8-16/h5-11,15H,4,12-14H2,1-3H3,(H2,20,21,22). The van der Waals surface area contributed by atoms with E-state index in [2.05, 4.69) is 47.0 Å². The Morgan fingerprint density at radius 1 is 1.21 bits per heavy atom. The second kappa shape index (κ2) is 9.98. The fraction of sp³-hybridized carbons (Fsp3) is 0.421. The van der Waals surface area contributed by atoms with Crippen molar-refractivity contribution in [2.24, 2.45) is 10.9 Å². The minimum absolute atomic E-state index is 0.563. The number of hydrogen-bond acceptors (Lipinski definition) is 3. The van der Waals surface area contributed by atoms with E-state index in [4.69, 9.17) is 4.74 Å². The van der Waals surface area contributed by atoms with Crippen LogP contribution in [0.3, 0.4) is 0 Å². The van der Waals surface area contributed by atoms with Crippen LogP contribution in [0.2, 0.25) is 0 Å². The van der Waals surface area contributed by atoms with E-state index in [1.807, 2.05) is 35.6 Å². The minimum atomic E-state index is 0.563. The van der Waals surface area contributed by atoms with Crippen molar-refractivity contribution in [3.8, 4) is 5.75 Å². The SMILES string of the molecule is CCNC(=NCc1ccc(OC)cc1)NCC(C)Cc1cccs1. The van der Waals surface area contributed by atoms with E-state index >= 15 is 0 Å². The monoisotopic (exact) mass is 345 g/mol. The van der Waals surface area contributed by atoms with E-state index in [-0.39, 0.29) is 0 Å². The average Bonchev–Trinajstić information content (AvgIpc) is 3.10. The molecule has 1 heterocycles. The molecule has 0 saturated heterocycles. The van der Waals surface area contributed by atoms with Gasteiger partial charge in [0.2, 0.25) is 0 Å². The number of aliphatic imine (C=N–C) groups is 1. The van der Waals surface area contributed by atoms with E-state index < -0.39 is 0 Å². The number of nitrogens with one attached hydrogen (secondary N) is 2. The fourth-order valence-electron chi connectivity index (χ4n) is 2.36. The number of guanidine groups is 1. The Morgan fingerprint density at radius 2 is 2.00 bits per heavy atom. The largest absolute Gasteiger partial charge is 0.497 e. The number of rotatable bonds is 8. The third-order valence-electron chi connectivity index (χ3n) is 3.67. The highest BCUT2D eigenvalue weighted by molar-refractivity contribution is 7.09. The van der Waals surface area contributed by atoms with Crippen molar-refractivity contribution in [3.05, 3.63) is 52.2 Å². The van der Waals surface area contributed by atoms with Crippen LogP contribution in [-0.2, 0) is 13.0 Å². The summed E-state index contributed by atoms with van der Waals surface area (Å²) in [4.78, 5) is 6.10. The molecule has 1 unspecified atom stereocenters. The molecule has 4 nitrogen and oxygen atoms in total. The number of benzene rings is 1. The van der Waals surface area contributed by atoms with Crippen LogP contribution in [0.4, 0.5) is 0 Å². The molecule has 0 radical (unpaired) electrons. The second-order valence-electron chi connectivity index (χ2n) is 5.81. The first-order valence-electron chi connectivity index (χ1n) is 8.38. The van der Waals surface area contributed by atoms with Crippen LogP contribution in [0, 0.1) is 5.92 Å². The molecule has 2 rings (SSSR count). The Kier molecular flexibility index (Phi) is 7.62. The molecule has 5 heteroatoms. The maximum atomic E-state index is 5.18. The Hall–Kier alpha value is -2.01. The van der Waals surface area contributed by atoms with Gasteiger partial charge in [-0.3, -0.25) is 0 Å². The lowest BCUT2D eigenvalue weighted by atomic mass is 10.1. The van der Waals surface area contributed by atoms with Crippen LogP contribution >= 0.6 is 11.3 Å². The summed E-state index contributed by atoms with van der Waals surface area (Å²) in [6.07, 6.45) is 1.10. The maximum absolute atomic E-state index is 5.18. The van der Waals surface area contributed by atoms with Crippen molar-refractivity contribution in [3.63, 3.8) is 0 Å². The van der Waals surface area contributed by atoms with Gasteiger partial charge in [-0.1, -0.05) is 25.1 Å². The number of thiophene rings is 1. The van der Waals surface area contributed by atoms with Gasteiger partial charge >= 0.3 is 0 Å². The fourth-order valence-corrected chi connectivity index (χ4v) is 3.23. The minimum Gasteiger partial charge on any atom is -0.497 e. The molecule has 0 fully saturated rings. The summed E-state index contributed by atoms with van der Waals surface area (Å²) in [5, 5.41) is 8.89. The molecule has 2 N–H and O–H groups in total. The Balaban J connectivity index is 1.85. The predicted octanol–water partition coefficient (Wildman–Crippen LogP) is 3.69. The number of nitrogens with zero attached hydrogens (tertiary/aromatic N) is 1. The van der Waals surface area contributed by atoms with Crippen LogP contribution in [0.25, 0.3) is 0 Å². The first kappa shape index (κ1) is 18.3. The van der Waals surface area contributed by atoms with Crippen LogP contribution < -0.4 is 15.4 Å². The molecule has 1 aromatic carbocycles. The Morgan fingerprint density at radius 3 is 2.62 bits per heavy atom. The molecule has 130 valence electrons. The third-order valence-corrected chi connectivity index (χ3v) is 4.57. The Labute approximate surface area is 149 Å². The van der Waals surface area contributed by atoms with Gasteiger partial charge in [-0.25, -0.2) is 4.99 Å². The van der Waals surface area contributed by atoms with E-state index in [1.165, 1.54) is 10.4 Å². The molecule has 0 spiro atoms. The van der Waals surface area contributed by atoms with Gasteiger partial charge in [-0.05, 0) is 48.4 Å². The topological polar surface area (TPSA) is 45.7 Å². The van der Waals surface area contributed by atoms with E-state index in [0.717, 1.165) is 31.2 Å². The first-order chi connectivity index (χ1) is 11.7. The lowest BCUT2D eigenvalue weighted by Gasteiger charge is -2.15.